The van der Waals surface area contributed by atoms with Crippen LogP contribution in [0.25, 0.3) is 0 Å². The molecule has 0 aromatic heterocycles. The Balaban J connectivity index is 2.77. The second-order valence-corrected chi connectivity index (χ2v) is 3.95. The Morgan fingerprint density at radius 2 is 2.00 bits per heavy atom. The number of nitrogens with one attached hydrogen (secondary N) is 1. The standard InChI is InChI=1S/C10H22N6/c1-10-7-5-3-4-6-8-14(2)16(12)15(9-10)13-11/h3-4,9,13H,5-8,11-12H2,1-2H3/b4-3-,10-9-. The van der Waals surface area contributed by atoms with Crippen molar-refractivity contribution in [1.82, 2.24) is 20.9 Å². The number of hydrazine groups is 5. The minimum Gasteiger partial charge on any atom is -0.252 e. The van der Waals surface area contributed by atoms with Crippen molar-refractivity contribution in [3.05, 3.63) is 23.9 Å². The fourth-order valence-electron chi connectivity index (χ4n) is 1.50. The van der Waals surface area contributed by atoms with E-state index in [9.17, 15) is 0 Å². The Labute approximate surface area is 97.0 Å². The molecule has 0 aromatic carbocycles. The molecule has 1 aliphatic rings. The van der Waals surface area contributed by atoms with Crippen LogP contribution in [-0.2, 0) is 0 Å². The topological polar surface area (TPSA) is 73.8 Å². The molecule has 1 aliphatic heterocycles. The summed E-state index contributed by atoms with van der Waals surface area (Å²) in [5, 5.41) is 4.92. The first-order chi connectivity index (χ1) is 7.65. The highest BCUT2D eigenvalue weighted by Crippen LogP contribution is 2.08. The van der Waals surface area contributed by atoms with Crippen LogP contribution < -0.4 is 17.2 Å². The van der Waals surface area contributed by atoms with Gasteiger partial charge in [-0.1, -0.05) is 23.0 Å². The van der Waals surface area contributed by atoms with Crippen LogP contribution in [0.1, 0.15) is 26.2 Å². The van der Waals surface area contributed by atoms with E-state index in [-0.39, 0.29) is 0 Å². The lowest BCUT2D eigenvalue weighted by Crippen LogP contribution is -2.60. The van der Waals surface area contributed by atoms with Crippen LogP contribution in [-0.4, -0.2) is 28.9 Å². The zero-order chi connectivity index (χ0) is 12.0. The molecule has 5 N–H and O–H groups in total. The van der Waals surface area contributed by atoms with Gasteiger partial charge in [-0.3, -0.25) is 5.84 Å². The fraction of sp³-hybridized carbons (Fsp3) is 0.600. The van der Waals surface area contributed by atoms with Crippen molar-refractivity contribution in [3.8, 4) is 0 Å². The highest BCUT2D eigenvalue weighted by Gasteiger charge is 2.12. The summed E-state index contributed by atoms with van der Waals surface area (Å²) in [7, 11) is 1.92. The maximum absolute atomic E-state index is 5.91. The van der Waals surface area contributed by atoms with E-state index in [1.54, 1.807) is 5.12 Å². The molecule has 0 saturated heterocycles. The van der Waals surface area contributed by atoms with Crippen LogP contribution in [0, 0.1) is 0 Å². The molecule has 0 aromatic rings. The molecule has 6 heteroatoms. The third-order valence-electron chi connectivity index (χ3n) is 2.54. The van der Waals surface area contributed by atoms with E-state index < -0.39 is 0 Å². The number of hydrogen-bond donors (Lipinski definition) is 3. The zero-order valence-corrected chi connectivity index (χ0v) is 10.1. The van der Waals surface area contributed by atoms with E-state index in [4.69, 9.17) is 11.7 Å². The van der Waals surface area contributed by atoms with Crippen molar-refractivity contribution in [3.63, 3.8) is 0 Å². The molecule has 0 unspecified atom stereocenters. The molecule has 0 spiro atoms. The summed E-state index contributed by atoms with van der Waals surface area (Å²) in [5.41, 5.74) is 3.76. The molecule has 0 saturated carbocycles. The maximum Gasteiger partial charge on any atom is 0.0375 e. The molecular weight excluding hydrogens is 204 g/mol. The Morgan fingerprint density at radius 1 is 1.31 bits per heavy atom. The summed E-state index contributed by atoms with van der Waals surface area (Å²) in [5.74, 6) is 11.3. The maximum atomic E-state index is 5.91. The largest absolute Gasteiger partial charge is 0.252 e. The second-order valence-electron chi connectivity index (χ2n) is 3.95. The van der Waals surface area contributed by atoms with Gasteiger partial charge in [-0.2, -0.15) is 5.53 Å². The predicted molar refractivity (Wildman–Crippen MR) is 64.6 cm³/mol. The fourth-order valence-corrected chi connectivity index (χ4v) is 1.50. The average Bonchev–Trinajstić information content (AvgIpc) is 2.30. The van der Waals surface area contributed by atoms with Crippen LogP contribution in [0.4, 0.5) is 0 Å². The summed E-state index contributed by atoms with van der Waals surface area (Å²) in [6, 6.07) is 0. The molecule has 92 valence electrons. The van der Waals surface area contributed by atoms with Gasteiger partial charge in [0, 0.05) is 19.8 Å². The van der Waals surface area contributed by atoms with E-state index in [0.717, 1.165) is 25.8 Å². The molecular formula is C10H22N6. The smallest absolute Gasteiger partial charge is 0.0375 e. The summed E-state index contributed by atoms with van der Waals surface area (Å²) in [6.45, 7) is 2.90. The third-order valence-corrected chi connectivity index (χ3v) is 2.54. The first-order valence-corrected chi connectivity index (χ1v) is 5.48. The van der Waals surface area contributed by atoms with Gasteiger partial charge in [0.25, 0.3) is 0 Å². The van der Waals surface area contributed by atoms with Gasteiger partial charge in [-0.05, 0) is 26.2 Å². The normalized spacial score (nSPS) is 27.0. The van der Waals surface area contributed by atoms with Crippen molar-refractivity contribution < 1.29 is 0 Å². The first kappa shape index (κ1) is 13.1. The van der Waals surface area contributed by atoms with E-state index in [1.165, 1.54) is 10.8 Å². The van der Waals surface area contributed by atoms with Gasteiger partial charge < -0.3 is 0 Å². The van der Waals surface area contributed by atoms with Crippen molar-refractivity contribution in [2.24, 2.45) is 11.7 Å². The molecule has 1 heterocycles. The molecule has 6 nitrogen and oxygen atoms in total. The van der Waals surface area contributed by atoms with Crippen LogP contribution in [0.2, 0.25) is 0 Å². The summed E-state index contributed by atoms with van der Waals surface area (Å²) >= 11 is 0. The molecule has 0 fully saturated rings. The Kier molecular flexibility index (Phi) is 5.44. The monoisotopic (exact) mass is 226 g/mol. The number of nitrogens with zero attached hydrogens (tertiary/aromatic N) is 3. The highest BCUT2D eigenvalue weighted by atomic mass is 16.0. The van der Waals surface area contributed by atoms with Gasteiger partial charge >= 0.3 is 0 Å². The van der Waals surface area contributed by atoms with Gasteiger partial charge in [0.1, 0.15) is 0 Å². The predicted octanol–water partition coefficient (Wildman–Crippen LogP) is 0.248. The molecule has 1 rings (SSSR count). The molecule has 0 bridgehead atoms. The highest BCUT2D eigenvalue weighted by molar-refractivity contribution is 4.99. The van der Waals surface area contributed by atoms with Gasteiger partial charge in [0.05, 0.1) is 0 Å². The Bertz CT molecular complexity index is 262. The third kappa shape index (κ3) is 3.92. The summed E-state index contributed by atoms with van der Waals surface area (Å²) < 4.78 is 0. The van der Waals surface area contributed by atoms with Gasteiger partial charge in [0.2, 0.25) is 0 Å². The lowest BCUT2D eigenvalue weighted by molar-refractivity contribution is -0.176. The van der Waals surface area contributed by atoms with Crippen LogP contribution in [0.3, 0.4) is 0 Å². The lowest BCUT2D eigenvalue weighted by atomic mass is 10.1. The number of rotatable bonds is 1. The minimum absolute atomic E-state index is 0.845. The second kappa shape index (κ2) is 6.62. The van der Waals surface area contributed by atoms with E-state index in [2.05, 4.69) is 24.6 Å². The zero-order valence-electron chi connectivity index (χ0n) is 10.1. The van der Waals surface area contributed by atoms with Gasteiger partial charge in [-0.25, -0.2) is 16.0 Å². The quantitative estimate of drug-likeness (QED) is 0.338. The van der Waals surface area contributed by atoms with Crippen LogP contribution >= 0.6 is 0 Å². The molecule has 0 atom stereocenters. The summed E-state index contributed by atoms with van der Waals surface area (Å²) in [4.78, 5) is 0. The van der Waals surface area contributed by atoms with Crippen molar-refractivity contribution in [1.29, 1.82) is 0 Å². The lowest BCUT2D eigenvalue weighted by Gasteiger charge is -2.35. The van der Waals surface area contributed by atoms with Crippen LogP contribution in [0.5, 0.6) is 0 Å². The molecule has 0 amide bonds. The van der Waals surface area contributed by atoms with Crippen molar-refractivity contribution in [2.45, 2.75) is 26.2 Å². The Hall–Kier alpha value is -0.920. The number of nitrogens with two attached hydrogens (primary N) is 2. The van der Waals surface area contributed by atoms with E-state index in [0.29, 0.717) is 0 Å². The van der Waals surface area contributed by atoms with Gasteiger partial charge in [-0.15, -0.1) is 0 Å². The summed E-state index contributed by atoms with van der Waals surface area (Å²) in [6.07, 6.45) is 9.32. The van der Waals surface area contributed by atoms with Crippen molar-refractivity contribution >= 4 is 0 Å². The van der Waals surface area contributed by atoms with E-state index in [1.807, 2.05) is 18.3 Å². The average molecular weight is 226 g/mol. The van der Waals surface area contributed by atoms with Crippen molar-refractivity contribution in [2.75, 3.05) is 13.6 Å². The van der Waals surface area contributed by atoms with Crippen LogP contribution in [0.15, 0.2) is 23.9 Å². The first-order valence-electron chi connectivity index (χ1n) is 5.48. The SMILES string of the molecule is C/C1=C/N(NN)N(N)N(C)CC/C=C\CC1. The number of allylic oxidation sites excluding steroid dienone is 2. The minimum atomic E-state index is 0.845. The molecule has 16 heavy (non-hydrogen) atoms. The van der Waals surface area contributed by atoms with Gasteiger partial charge in [0.15, 0.2) is 0 Å². The van der Waals surface area contributed by atoms with E-state index >= 15 is 0 Å². The number of hydrogen-bond acceptors (Lipinski definition) is 6. The molecule has 0 aliphatic carbocycles. The molecule has 0 radical (unpaired) electrons. The Morgan fingerprint density at radius 3 is 2.69 bits per heavy atom.